The van der Waals surface area contributed by atoms with Crippen molar-refractivity contribution in [1.82, 2.24) is 29.5 Å². The Balaban J connectivity index is 0.000000268. The highest BCUT2D eigenvalue weighted by atomic mass is 32.2. The van der Waals surface area contributed by atoms with E-state index in [0.717, 1.165) is 48.6 Å². The lowest BCUT2D eigenvalue weighted by Gasteiger charge is -2.44. The van der Waals surface area contributed by atoms with Gasteiger partial charge in [-0.2, -0.15) is 62.9 Å². The number of ether oxygens (including phenoxy) is 1. The van der Waals surface area contributed by atoms with E-state index in [-0.39, 0.29) is 18.7 Å². The normalized spacial score (nSPS) is 19.2. The van der Waals surface area contributed by atoms with E-state index in [4.69, 9.17) is 4.74 Å². The fourth-order valence-electron chi connectivity index (χ4n) is 6.55. The molecule has 0 radical (unpaired) electrons. The lowest BCUT2D eigenvalue weighted by atomic mass is 9.81. The van der Waals surface area contributed by atoms with E-state index in [1.54, 1.807) is 0 Å². The fourth-order valence-corrected chi connectivity index (χ4v) is 7.40. The topological polar surface area (TPSA) is 132 Å². The Labute approximate surface area is 355 Å². The van der Waals surface area contributed by atoms with Crippen LogP contribution in [0.3, 0.4) is 0 Å². The van der Waals surface area contributed by atoms with Crippen LogP contribution in [0.25, 0.3) is 0 Å². The van der Waals surface area contributed by atoms with Gasteiger partial charge in [0, 0.05) is 88.3 Å². The molecule has 354 valence electrons. The highest BCUT2D eigenvalue weighted by molar-refractivity contribution is 7.90. The van der Waals surface area contributed by atoms with Crippen molar-refractivity contribution in [2.45, 2.75) is 89.9 Å². The molecule has 0 aliphatic carbocycles. The van der Waals surface area contributed by atoms with Crippen molar-refractivity contribution in [3.05, 3.63) is 71.3 Å². The summed E-state index contributed by atoms with van der Waals surface area (Å²) in [5.41, 5.74) is -4.59. The Bertz CT molecular complexity index is 2240. The summed E-state index contributed by atoms with van der Waals surface area (Å²) in [6.45, 7) is 9.68. The second-order valence-corrected chi connectivity index (χ2v) is 18.0. The van der Waals surface area contributed by atoms with Crippen molar-refractivity contribution in [3.8, 4) is 5.88 Å². The number of rotatable bonds is 5. The van der Waals surface area contributed by atoms with Gasteiger partial charge in [-0.15, -0.1) is 0 Å². The summed E-state index contributed by atoms with van der Waals surface area (Å²) in [5.74, 6) is 0.939. The number of hydrogen-bond donors (Lipinski definition) is 1. The van der Waals surface area contributed by atoms with Crippen molar-refractivity contribution in [2.24, 2.45) is 24.9 Å². The number of pyridine rings is 2. The van der Waals surface area contributed by atoms with Crippen molar-refractivity contribution in [3.63, 3.8) is 0 Å². The fraction of sp³-hybridized carbons (Fsp3) is 0.579. The summed E-state index contributed by atoms with van der Waals surface area (Å²) in [6.07, 6.45) is -15.3. The van der Waals surface area contributed by atoms with Crippen LogP contribution in [0.4, 0.5) is 64.3 Å². The van der Waals surface area contributed by atoms with Gasteiger partial charge in [-0.3, -0.25) is 4.68 Å². The van der Waals surface area contributed by atoms with Crippen molar-refractivity contribution < 1.29 is 70.9 Å². The summed E-state index contributed by atoms with van der Waals surface area (Å²) < 4.78 is 180. The van der Waals surface area contributed by atoms with Crippen LogP contribution in [0.2, 0.25) is 0 Å². The second-order valence-electron chi connectivity index (χ2n) is 16.1. The van der Waals surface area contributed by atoms with Gasteiger partial charge >= 0.3 is 24.7 Å². The molecular weight excluding hydrogens is 893 g/mol. The summed E-state index contributed by atoms with van der Waals surface area (Å²) in [6, 6.07) is 6.09. The first-order valence-electron chi connectivity index (χ1n) is 18.4. The summed E-state index contributed by atoms with van der Waals surface area (Å²) in [4.78, 5) is 11.5. The Hall–Kier alpha value is -4.81. The van der Waals surface area contributed by atoms with Gasteiger partial charge < -0.3 is 19.6 Å². The van der Waals surface area contributed by atoms with Gasteiger partial charge in [0.1, 0.15) is 17.7 Å². The average Bonchev–Trinajstić information content (AvgIpc) is 3.73. The third kappa shape index (κ3) is 13.6. The number of halogens is 12. The molecule has 6 heterocycles. The molecule has 6 rings (SSSR count). The number of hydrogen-bond acceptors (Lipinski definition) is 10. The number of piperidine rings is 2. The molecule has 12 nitrogen and oxygen atoms in total. The van der Waals surface area contributed by atoms with E-state index in [1.807, 2.05) is 37.5 Å². The van der Waals surface area contributed by atoms with Gasteiger partial charge in [-0.25, -0.2) is 23.1 Å². The van der Waals surface area contributed by atoms with E-state index in [0.29, 0.717) is 61.4 Å². The standard InChI is InChI=1S/C18H20F6N4O.C13H17F3N2O.C6H7F3N2O2S.CH4/c1-16(2)10-28(14-5-4-11(9-25-14)17(19,20)21)7-6-13(16)29-15-8-12(18(22,23)24)26-27(15)3;1-12(2)8-18(6-5-10(12)19)11-4-3-9(7-17-11)13(14,15)16;1-11-5(14(2,12)13)3-4(10-11)6(7,8)9;/h4-5,8-9,13H,6-7,10H2,1-3H3;3-4,7,10,19H,5-6,8H2,1-2H3;3H,1-2H3;1H4. The molecule has 4 aromatic rings. The van der Waals surface area contributed by atoms with Crippen LogP contribution >= 0.6 is 0 Å². The first-order valence-corrected chi connectivity index (χ1v) is 20.3. The highest BCUT2D eigenvalue weighted by Crippen LogP contribution is 2.38. The molecule has 0 aromatic carbocycles. The zero-order valence-electron chi connectivity index (χ0n) is 34.2. The maximum atomic E-state index is 12.8. The summed E-state index contributed by atoms with van der Waals surface area (Å²) in [7, 11) is -1.15. The molecule has 63 heavy (non-hydrogen) atoms. The van der Waals surface area contributed by atoms with Gasteiger partial charge in [-0.1, -0.05) is 35.1 Å². The molecule has 2 saturated heterocycles. The van der Waals surface area contributed by atoms with E-state index < -0.39 is 79.7 Å². The minimum atomic E-state index is -4.62. The molecule has 0 saturated carbocycles. The van der Waals surface area contributed by atoms with Gasteiger partial charge in [0.05, 0.1) is 17.2 Å². The van der Waals surface area contributed by atoms with Crippen molar-refractivity contribution >= 4 is 21.5 Å². The molecular formula is C38H48F12N8O4S. The number of nitrogens with zero attached hydrogens (tertiary/aromatic N) is 8. The number of aliphatic hydroxyl groups is 1. The largest absolute Gasteiger partial charge is 0.474 e. The maximum absolute atomic E-state index is 12.8. The number of sulfone groups is 1. The lowest BCUT2D eigenvalue weighted by Crippen LogP contribution is -2.51. The van der Waals surface area contributed by atoms with E-state index in [1.165, 1.54) is 19.2 Å². The van der Waals surface area contributed by atoms with E-state index >= 15 is 0 Å². The van der Waals surface area contributed by atoms with Crippen LogP contribution in [0.1, 0.15) is 70.5 Å². The smallest absolute Gasteiger partial charge is 0.435 e. The predicted molar refractivity (Wildman–Crippen MR) is 206 cm³/mol. The van der Waals surface area contributed by atoms with Crippen LogP contribution < -0.4 is 14.5 Å². The molecule has 4 aromatic heterocycles. The van der Waals surface area contributed by atoms with Gasteiger partial charge in [0.15, 0.2) is 26.3 Å². The first-order chi connectivity index (χ1) is 28.1. The zero-order valence-corrected chi connectivity index (χ0v) is 35.0. The van der Waals surface area contributed by atoms with Crippen molar-refractivity contribution in [2.75, 3.05) is 42.2 Å². The van der Waals surface area contributed by atoms with Crippen LogP contribution in [0.5, 0.6) is 5.88 Å². The Morgan fingerprint density at radius 1 is 0.667 bits per heavy atom. The molecule has 2 atom stereocenters. The van der Waals surface area contributed by atoms with Gasteiger partial charge in [0.25, 0.3) is 0 Å². The molecule has 2 aliphatic heterocycles. The molecule has 2 unspecified atom stereocenters. The maximum Gasteiger partial charge on any atom is 0.435 e. The third-order valence-corrected chi connectivity index (χ3v) is 11.1. The highest BCUT2D eigenvalue weighted by Gasteiger charge is 2.41. The monoisotopic (exact) mass is 940 g/mol. The molecule has 1 N–H and O–H groups in total. The van der Waals surface area contributed by atoms with Crippen molar-refractivity contribution in [1.29, 1.82) is 0 Å². The number of aromatic nitrogens is 6. The van der Waals surface area contributed by atoms with E-state index in [2.05, 4.69) is 20.2 Å². The van der Waals surface area contributed by atoms with Crippen LogP contribution in [-0.4, -0.2) is 87.7 Å². The van der Waals surface area contributed by atoms with Crippen LogP contribution in [0, 0.1) is 10.8 Å². The Morgan fingerprint density at radius 2 is 1.10 bits per heavy atom. The molecule has 2 aliphatic rings. The minimum Gasteiger partial charge on any atom is -0.474 e. The second kappa shape index (κ2) is 18.7. The zero-order chi connectivity index (χ0) is 47.0. The van der Waals surface area contributed by atoms with Crippen LogP contribution in [-0.2, 0) is 48.6 Å². The summed E-state index contributed by atoms with van der Waals surface area (Å²) in [5, 5.41) is 15.9. The first kappa shape index (κ1) is 52.5. The van der Waals surface area contributed by atoms with E-state index in [9.17, 15) is 66.2 Å². The van der Waals surface area contributed by atoms with Crippen LogP contribution in [0.15, 0.2) is 53.8 Å². The molecule has 2 fully saturated rings. The molecule has 0 spiro atoms. The quantitative estimate of drug-likeness (QED) is 0.194. The number of anilines is 2. The molecule has 25 heteroatoms. The number of aliphatic hydroxyl groups excluding tert-OH is 1. The molecule has 0 amide bonds. The number of aryl methyl sites for hydroxylation is 2. The Morgan fingerprint density at radius 3 is 1.43 bits per heavy atom. The van der Waals surface area contributed by atoms with Gasteiger partial charge in [0.2, 0.25) is 5.88 Å². The average molecular weight is 941 g/mol. The minimum absolute atomic E-state index is 0. The number of alkyl halides is 12. The Kier molecular flexibility index (Phi) is 15.6. The SMILES string of the molecule is C.CC1(C)CN(c2ccc(C(F)(F)F)cn2)CCC1O.Cn1nc(C(F)(F)F)cc1OC1CCN(c2ccc(C(F)(F)F)cn2)CC1(C)C.Cn1nc(C(F)(F)F)cc1S(C)(=O)=O. The lowest BCUT2D eigenvalue weighted by molar-refractivity contribution is -0.142. The van der Waals surface area contributed by atoms with Gasteiger partial charge in [-0.05, 0) is 30.7 Å². The predicted octanol–water partition coefficient (Wildman–Crippen LogP) is 8.71. The summed E-state index contributed by atoms with van der Waals surface area (Å²) >= 11 is 0. The molecule has 0 bridgehead atoms. The third-order valence-electron chi connectivity index (χ3n) is 10.0.